The van der Waals surface area contributed by atoms with Gasteiger partial charge < -0.3 is 15.2 Å². The van der Waals surface area contributed by atoms with Gasteiger partial charge in [-0.05, 0) is 51.0 Å². The zero-order chi connectivity index (χ0) is 23.4. The largest absolute Gasteiger partial charge is 0.342 e. The maximum Gasteiger partial charge on any atom is 0.253 e. The quantitative estimate of drug-likeness (QED) is 0.491. The number of hydrogen-bond donors (Lipinski definition) is 2. The van der Waals surface area contributed by atoms with E-state index >= 15 is 0 Å². The van der Waals surface area contributed by atoms with Crippen LogP contribution in [0.5, 0.6) is 0 Å². The molecule has 1 atom stereocenters. The van der Waals surface area contributed by atoms with Gasteiger partial charge in [0, 0.05) is 12.7 Å². The van der Waals surface area contributed by atoms with E-state index in [0.717, 1.165) is 22.4 Å². The van der Waals surface area contributed by atoms with Crippen LogP contribution in [-0.2, 0) is 11.8 Å². The number of nitrogens with one attached hydrogen (secondary N) is 2. The van der Waals surface area contributed by atoms with Gasteiger partial charge in [-0.3, -0.25) is 9.59 Å². The SMILES string of the molecule is Cc1cc(C)c(NC(=O)CSc2nnc([C@H](C)NC(=O)c3ccccc3Cl)n2C)c(C)c1. The number of aryl methyl sites for hydroxylation is 3. The highest BCUT2D eigenvalue weighted by Gasteiger charge is 2.20. The van der Waals surface area contributed by atoms with E-state index < -0.39 is 6.04 Å². The molecule has 0 aliphatic heterocycles. The van der Waals surface area contributed by atoms with Crippen molar-refractivity contribution in [2.75, 3.05) is 11.1 Å². The molecule has 9 heteroatoms. The maximum atomic E-state index is 12.5. The molecule has 168 valence electrons. The van der Waals surface area contributed by atoms with Gasteiger partial charge in [0.25, 0.3) is 5.91 Å². The minimum absolute atomic E-state index is 0.116. The number of aromatic nitrogens is 3. The van der Waals surface area contributed by atoms with Crippen molar-refractivity contribution in [2.45, 2.75) is 38.9 Å². The average Bonchev–Trinajstić information content (AvgIpc) is 3.09. The molecule has 1 heterocycles. The Kier molecular flexibility index (Phi) is 7.58. The summed E-state index contributed by atoms with van der Waals surface area (Å²) < 4.78 is 1.78. The molecule has 0 spiro atoms. The van der Waals surface area contributed by atoms with Gasteiger partial charge in [-0.25, -0.2) is 0 Å². The molecule has 7 nitrogen and oxygen atoms in total. The lowest BCUT2D eigenvalue weighted by Gasteiger charge is -2.14. The lowest BCUT2D eigenvalue weighted by Crippen LogP contribution is -2.28. The topological polar surface area (TPSA) is 88.9 Å². The second-order valence-corrected chi connectivity index (χ2v) is 9.04. The van der Waals surface area contributed by atoms with Crippen LogP contribution in [0.25, 0.3) is 0 Å². The van der Waals surface area contributed by atoms with Crippen molar-refractivity contribution >= 4 is 40.9 Å². The number of thioether (sulfide) groups is 1. The van der Waals surface area contributed by atoms with Gasteiger partial charge in [-0.2, -0.15) is 0 Å². The van der Waals surface area contributed by atoms with Crippen LogP contribution in [0.1, 0.15) is 45.8 Å². The van der Waals surface area contributed by atoms with Crippen LogP contribution < -0.4 is 10.6 Å². The Labute approximate surface area is 197 Å². The van der Waals surface area contributed by atoms with E-state index in [1.165, 1.54) is 11.8 Å². The minimum Gasteiger partial charge on any atom is -0.342 e. The fraction of sp³-hybridized carbons (Fsp3) is 0.304. The lowest BCUT2D eigenvalue weighted by molar-refractivity contribution is -0.113. The van der Waals surface area contributed by atoms with Crippen LogP contribution in [0.3, 0.4) is 0 Å². The Bertz CT molecular complexity index is 1140. The van der Waals surface area contributed by atoms with E-state index in [-0.39, 0.29) is 17.6 Å². The van der Waals surface area contributed by atoms with Gasteiger partial charge in [0.15, 0.2) is 11.0 Å². The average molecular weight is 472 g/mol. The molecule has 2 N–H and O–H groups in total. The Morgan fingerprint density at radius 2 is 1.78 bits per heavy atom. The first-order valence-corrected chi connectivity index (χ1v) is 11.5. The number of hydrogen-bond acceptors (Lipinski definition) is 5. The summed E-state index contributed by atoms with van der Waals surface area (Å²) in [5, 5.41) is 15.2. The summed E-state index contributed by atoms with van der Waals surface area (Å²) in [4.78, 5) is 25.0. The van der Waals surface area contributed by atoms with Crippen LogP contribution in [-0.4, -0.2) is 32.3 Å². The Morgan fingerprint density at radius 3 is 2.44 bits per heavy atom. The summed E-state index contributed by atoms with van der Waals surface area (Å²) in [6.07, 6.45) is 0. The monoisotopic (exact) mass is 471 g/mol. The fourth-order valence-corrected chi connectivity index (χ4v) is 4.44. The Balaban J connectivity index is 1.61. The number of carbonyl (C=O) groups excluding carboxylic acids is 2. The summed E-state index contributed by atoms with van der Waals surface area (Å²) in [6, 6.07) is 10.6. The molecule has 0 fully saturated rings. The van der Waals surface area contributed by atoms with Gasteiger partial charge in [0.1, 0.15) is 0 Å². The third-order valence-corrected chi connectivity index (χ3v) is 6.35. The molecule has 2 amide bonds. The van der Waals surface area contributed by atoms with Crippen molar-refractivity contribution in [1.82, 2.24) is 20.1 Å². The number of amides is 2. The molecule has 0 saturated heterocycles. The second kappa shape index (κ2) is 10.2. The smallest absolute Gasteiger partial charge is 0.253 e. The summed E-state index contributed by atoms with van der Waals surface area (Å²) in [5.41, 5.74) is 4.47. The van der Waals surface area contributed by atoms with Crippen LogP contribution >= 0.6 is 23.4 Å². The Hall–Kier alpha value is -2.84. The van der Waals surface area contributed by atoms with E-state index in [1.54, 1.807) is 28.8 Å². The van der Waals surface area contributed by atoms with E-state index in [4.69, 9.17) is 11.6 Å². The van der Waals surface area contributed by atoms with Crippen LogP contribution in [0.4, 0.5) is 5.69 Å². The van der Waals surface area contributed by atoms with Crippen LogP contribution in [0.2, 0.25) is 5.02 Å². The molecule has 0 unspecified atom stereocenters. The molecule has 0 saturated carbocycles. The maximum absolute atomic E-state index is 12.5. The van der Waals surface area contributed by atoms with Crippen molar-refractivity contribution in [3.63, 3.8) is 0 Å². The molecule has 2 aromatic carbocycles. The highest BCUT2D eigenvalue weighted by Crippen LogP contribution is 2.24. The molecule has 3 rings (SSSR count). The van der Waals surface area contributed by atoms with Gasteiger partial charge >= 0.3 is 0 Å². The van der Waals surface area contributed by atoms with Crippen molar-refractivity contribution in [3.8, 4) is 0 Å². The first-order chi connectivity index (χ1) is 15.2. The third kappa shape index (κ3) is 5.49. The Morgan fingerprint density at radius 1 is 1.12 bits per heavy atom. The predicted molar refractivity (Wildman–Crippen MR) is 128 cm³/mol. The van der Waals surface area contributed by atoms with Gasteiger partial charge in [0.2, 0.25) is 5.91 Å². The number of benzene rings is 2. The molecule has 0 aliphatic carbocycles. The van der Waals surface area contributed by atoms with Gasteiger partial charge in [-0.15, -0.1) is 10.2 Å². The highest BCUT2D eigenvalue weighted by molar-refractivity contribution is 7.99. The number of nitrogens with zero attached hydrogens (tertiary/aromatic N) is 3. The van der Waals surface area contributed by atoms with E-state index in [0.29, 0.717) is 21.6 Å². The molecule has 32 heavy (non-hydrogen) atoms. The zero-order valence-corrected chi connectivity index (χ0v) is 20.3. The predicted octanol–water partition coefficient (Wildman–Crippen LogP) is 4.62. The zero-order valence-electron chi connectivity index (χ0n) is 18.7. The fourth-order valence-electron chi connectivity index (χ4n) is 3.50. The van der Waals surface area contributed by atoms with Gasteiger partial charge in [0.05, 0.1) is 22.4 Å². The molecule has 0 bridgehead atoms. The second-order valence-electron chi connectivity index (χ2n) is 7.69. The first-order valence-electron chi connectivity index (χ1n) is 10.1. The van der Waals surface area contributed by atoms with Gasteiger partial charge in [-0.1, -0.05) is 53.2 Å². The number of carbonyl (C=O) groups is 2. The molecule has 3 aromatic rings. The number of anilines is 1. The van der Waals surface area contributed by atoms with E-state index in [9.17, 15) is 9.59 Å². The molecule has 0 aliphatic rings. The summed E-state index contributed by atoms with van der Waals surface area (Å²) in [7, 11) is 1.81. The minimum atomic E-state index is -0.391. The summed E-state index contributed by atoms with van der Waals surface area (Å²) in [6.45, 7) is 7.82. The van der Waals surface area contributed by atoms with Crippen LogP contribution in [0, 0.1) is 20.8 Å². The molecule has 1 aromatic heterocycles. The van der Waals surface area contributed by atoms with Crippen molar-refractivity contribution in [1.29, 1.82) is 0 Å². The van der Waals surface area contributed by atoms with E-state index in [2.05, 4.69) is 20.8 Å². The lowest BCUT2D eigenvalue weighted by atomic mass is 10.1. The highest BCUT2D eigenvalue weighted by atomic mass is 35.5. The third-order valence-electron chi connectivity index (χ3n) is 5.00. The van der Waals surface area contributed by atoms with Crippen molar-refractivity contribution in [2.24, 2.45) is 7.05 Å². The van der Waals surface area contributed by atoms with Crippen LogP contribution in [0.15, 0.2) is 41.6 Å². The first kappa shape index (κ1) is 23.8. The molecular formula is C23H26ClN5O2S. The van der Waals surface area contributed by atoms with E-state index in [1.807, 2.05) is 46.9 Å². The summed E-state index contributed by atoms with van der Waals surface area (Å²) >= 11 is 7.39. The van der Waals surface area contributed by atoms with Crippen molar-refractivity contribution < 1.29 is 9.59 Å². The molecule has 0 radical (unpaired) electrons. The summed E-state index contributed by atoms with van der Waals surface area (Å²) in [5.74, 6) is 0.371. The molecular weight excluding hydrogens is 446 g/mol. The normalized spacial score (nSPS) is 11.8. The number of rotatable bonds is 7. The van der Waals surface area contributed by atoms with Crippen molar-refractivity contribution in [3.05, 3.63) is 69.5 Å². The standard InChI is InChI=1S/C23H26ClN5O2S/c1-13-10-14(2)20(15(3)11-13)26-19(30)12-32-23-28-27-21(29(23)5)16(4)25-22(31)17-8-6-7-9-18(17)24/h6-11,16H,12H2,1-5H3,(H,25,31)(H,26,30)/t16-/m0/s1. The number of halogens is 1.